The first-order chi connectivity index (χ1) is 17.5. The van der Waals surface area contributed by atoms with Crippen LogP contribution in [0.3, 0.4) is 0 Å². The van der Waals surface area contributed by atoms with Gasteiger partial charge in [-0.1, -0.05) is 42.5 Å². The SMILES string of the molecule is CN(C)C(=O)c1cccc(Cn2cnc(NC(=O)[C@@H](CCCc3ccccc3)NC(=O)C(C)(C)N)c2)c1.Cl. The van der Waals surface area contributed by atoms with E-state index in [1.807, 2.05) is 53.1 Å². The molecule has 3 rings (SSSR count). The average Bonchev–Trinajstić information content (AvgIpc) is 3.29. The van der Waals surface area contributed by atoms with Gasteiger partial charge >= 0.3 is 0 Å². The Hall–Kier alpha value is -3.69. The van der Waals surface area contributed by atoms with E-state index >= 15 is 0 Å². The Morgan fingerprint density at radius 1 is 1.05 bits per heavy atom. The van der Waals surface area contributed by atoms with Crippen molar-refractivity contribution in [2.45, 2.75) is 51.2 Å². The van der Waals surface area contributed by atoms with E-state index < -0.39 is 17.5 Å². The average molecular weight is 541 g/mol. The molecule has 0 saturated carbocycles. The number of nitrogens with zero attached hydrogens (tertiary/aromatic N) is 3. The summed E-state index contributed by atoms with van der Waals surface area (Å²) in [6, 6.07) is 16.6. The van der Waals surface area contributed by atoms with Crippen molar-refractivity contribution in [1.29, 1.82) is 0 Å². The molecule has 38 heavy (non-hydrogen) atoms. The molecule has 2 aromatic carbocycles. The van der Waals surface area contributed by atoms with E-state index in [-0.39, 0.29) is 24.2 Å². The number of anilines is 1. The Labute approximate surface area is 230 Å². The van der Waals surface area contributed by atoms with Gasteiger partial charge in [0, 0.05) is 32.4 Å². The predicted octanol–water partition coefficient (Wildman–Crippen LogP) is 3.24. The summed E-state index contributed by atoms with van der Waals surface area (Å²) >= 11 is 0. The van der Waals surface area contributed by atoms with Gasteiger partial charge in [-0.05, 0) is 56.4 Å². The van der Waals surface area contributed by atoms with Gasteiger partial charge in [-0.2, -0.15) is 0 Å². The van der Waals surface area contributed by atoms with Crippen LogP contribution >= 0.6 is 12.4 Å². The summed E-state index contributed by atoms with van der Waals surface area (Å²) in [6.07, 6.45) is 5.28. The van der Waals surface area contributed by atoms with Crippen LogP contribution in [0.25, 0.3) is 0 Å². The molecule has 3 amide bonds. The van der Waals surface area contributed by atoms with Crippen molar-refractivity contribution >= 4 is 35.9 Å². The molecule has 0 unspecified atom stereocenters. The Bertz CT molecular complexity index is 1220. The maximum absolute atomic E-state index is 13.1. The number of hydrogen-bond acceptors (Lipinski definition) is 5. The molecule has 0 fully saturated rings. The fraction of sp³-hybridized carbons (Fsp3) is 0.357. The zero-order valence-electron chi connectivity index (χ0n) is 22.3. The smallest absolute Gasteiger partial charge is 0.253 e. The van der Waals surface area contributed by atoms with Crippen molar-refractivity contribution in [3.63, 3.8) is 0 Å². The second-order valence-corrected chi connectivity index (χ2v) is 9.95. The number of carbonyl (C=O) groups is 3. The summed E-state index contributed by atoms with van der Waals surface area (Å²) in [6.45, 7) is 3.68. The van der Waals surface area contributed by atoms with Crippen LogP contribution in [0.1, 0.15) is 48.2 Å². The van der Waals surface area contributed by atoms with Crippen molar-refractivity contribution in [3.05, 3.63) is 83.8 Å². The number of halogens is 1. The molecule has 3 aromatic rings. The van der Waals surface area contributed by atoms with Crippen molar-refractivity contribution in [2.24, 2.45) is 5.73 Å². The van der Waals surface area contributed by atoms with Crippen LogP contribution in [0.4, 0.5) is 5.82 Å². The second kappa shape index (κ2) is 13.7. The molecule has 204 valence electrons. The molecule has 9 nitrogen and oxygen atoms in total. The Morgan fingerprint density at radius 3 is 2.39 bits per heavy atom. The molecule has 0 radical (unpaired) electrons. The molecule has 10 heteroatoms. The van der Waals surface area contributed by atoms with Gasteiger partial charge in [-0.3, -0.25) is 14.4 Å². The second-order valence-electron chi connectivity index (χ2n) is 9.95. The van der Waals surface area contributed by atoms with Gasteiger partial charge in [0.05, 0.1) is 11.9 Å². The quantitative estimate of drug-likeness (QED) is 0.344. The fourth-order valence-electron chi connectivity index (χ4n) is 3.76. The molecule has 1 aromatic heterocycles. The van der Waals surface area contributed by atoms with Crippen LogP contribution in [-0.2, 0) is 22.6 Å². The van der Waals surface area contributed by atoms with Crippen LogP contribution in [0, 0.1) is 0 Å². The number of imidazole rings is 1. The minimum atomic E-state index is -1.11. The van der Waals surface area contributed by atoms with Crippen LogP contribution in [0.5, 0.6) is 0 Å². The maximum atomic E-state index is 13.1. The summed E-state index contributed by atoms with van der Waals surface area (Å²) in [5.41, 5.74) is 7.53. The third-order valence-electron chi connectivity index (χ3n) is 5.84. The number of rotatable bonds is 11. The predicted molar refractivity (Wildman–Crippen MR) is 151 cm³/mol. The highest BCUT2D eigenvalue weighted by Gasteiger charge is 2.28. The van der Waals surface area contributed by atoms with Gasteiger partial charge in [-0.15, -0.1) is 12.4 Å². The van der Waals surface area contributed by atoms with Crippen LogP contribution in [0.15, 0.2) is 67.1 Å². The van der Waals surface area contributed by atoms with Crippen molar-refractivity contribution < 1.29 is 14.4 Å². The van der Waals surface area contributed by atoms with Gasteiger partial charge in [-0.25, -0.2) is 4.98 Å². The highest BCUT2D eigenvalue weighted by Crippen LogP contribution is 2.13. The molecule has 0 aliphatic heterocycles. The Morgan fingerprint density at radius 2 is 1.74 bits per heavy atom. The third-order valence-corrected chi connectivity index (χ3v) is 5.84. The lowest BCUT2D eigenvalue weighted by Crippen LogP contribution is -2.54. The number of benzene rings is 2. The number of nitrogens with two attached hydrogens (primary N) is 1. The normalized spacial score (nSPS) is 11.7. The van der Waals surface area contributed by atoms with Crippen molar-refractivity contribution in [1.82, 2.24) is 19.8 Å². The molecule has 0 bridgehead atoms. The van der Waals surface area contributed by atoms with Gasteiger partial charge in [0.1, 0.15) is 6.04 Å². The van der Waals surface area contributed by atoms with E-state index in [1.54, 1.807) is 46.5 Å². The number of amides is 3. The van der Waals surface area contributed by atoms with Gasteiger partial charge in [0.15, 0.2) is 5.82 Å². The van der Waals surface area contributed by atoms with Gasteiger partial charge in [0.2, 0.25) is 11.8 Å². The number of aryl methyl sites for hydroxylation is 1. The summed E-state index contributed by atoms with van der Waals surface area (Å²) < 4.78 is 1.82. The molecule has 1 atom stereocenters. The van der Waals surface area contributed by atoms with E-state index in [1.165, 1.54) is 10.5 Å². The van der Waals surface area contributed by atoms with Crippen LogP contribution in [-0.4, -0.2) is 57.8 Å². The number of aromatic nitrogens is 2. The lowest BCUT2D eigenvalue weighted by molar-refractivity contribution is -0.129. The maximum Gasteiger partial charge on any atom is 0.253 e. The minimum Gasteiger partial charge on any atom is -0.345 e. The zero-order valence-corrected chi connectivity index (χ0v) is 23.1. The van der Waals surface area contributed by atoms with Crippen molar-refractivity contribution in [3.8, 4) is 0 Å². The highest BCUT2D eigenvalue weighted by molar-refractivity contribution is 5.97. The Kier molecular flexibility index (Phi) is 11.0. The molecule has 0 aliphatic rings. The zero-order chi connectivity index (χ0) is 27.0. The summed E-state index contributed by atoms with van der Waals surface area (Å²) in [5.74, 6) is -0.444. The molecule has 1 heterocycles. The molecule has 0 saturated heterocycles. The summed E-state index contributed by atoms with van der Waals surface area (Å²) in [7, 11) is 3.43. The number of hydrogen-bond donors (Lipinski definition) is 3. The first-order valence-electron chi connectivity index (χ1n) is 12.3. The number of carbonyl (C=O) groups excluding carboxylic acids is 3. The third kappa shape index (κ3) is 9.00. The molecule has 4 N–H and O–H groups in total. The largest absolute Gasteiger partial charge is 0.345 e. The standard InChI is InChI=1S/C28H36N6O3.ClH/c1-28(2,29)27(37)31-23(15-9-12-20-10-6-5-7-11-20)25(35)32-24-18-34(19-30-24)17-21-13-8-14-22(16-21)26(36)33(3)4;/h5-8,10-11,13-14,16,18-19,23H,9,12,15,17,29H2,1-4H3,(H,31,37)(H,32,35);1H/t23-;/m1./s1. The molecule has 0 aliphatic carbocycles. The fourth-order valence-corrected chi connectivity index (χ4v) is 3.76. The van der Waals surface area contributed by atoms with Gasteiger partial charge in [0.25, 0.3) is 5.91 Å². The van der Waals surface area contributed by atoms with E-state index in [4.69, 9.17) is 5.73 Å². The monoisotopic (exact) mass is 540 g/mol. The first kappa shape index (κ1) is 30.5. The first-order valence-corrected chi connectivity index (χ1v) is 12.3. The van der Waals surface area contributed by atoms with Gasteiger partial charge < -0.3 is 25.8 Å². The molecular formula is C28H37ClN6O3. The molecule has 0 spiro atoms. The molecular weight excluding hydrogens is 504 g/mol. The van der Waals surface area contributed by atoms with E-state index in [0.29, 0.717) is 30.8 Å². The van der Waals surface area contributed by atoms with Crippen LogP contribution in [0.2, 0.25) is 0 Å². The Balaban J connectivity index is 0.00000507. The van der Waals surface area contributed by atoms with Crippen molar-refractivity contribution in [2.75, 3.05) is 19.4 Å². The van der Waals surface area contributed by atoms with Crippen LogP contribution < -0.4 is 16.4 Å². The van der Waals surface area contributed by atoms with E-state index in [2.05, 4.69) is 15.6 Å². The van der Waals surface area contributed by atoms with E-state index in [9.17, 15) is 14.4 Å². The topological polar surface area (TPSA) is 122 Å². The summed E-state index contributed by atoms with van der Waals surface area (Å²) in [4.78, 5) is 43.7. The highest BCUT2D eigenvalue weighted by atomic mass is 35.5. The summed E-state index contributed by atoms with van der Waals surface area (Å²) in [5, 5.41) is 5.60. The lowest BCUT2D eigenvalue weighted by atomic mass is 10.0. The van der Waals surface area contributed by atoms with E-state index in [0.717, 1.165) is 12.0 Å². The lowest BCUT2D eigenvalue weighted by Gasteiger charge is -2.23. The minimum absolute atomic E-state index is 0. The number of nitrogens with one attached hydrogen (secondary N) is 2.